The van der Waals surface area contributed by atoms with Crippen molar-refractivity contribution in [3.8, 4) is 0 Å². The molecule has 1 unspecified atom stereocenters. The molecule has 1 fully saturated rings. The number of carbonyl (C=O) groups excluding carboxylic acids is 1. The summed E-state index contributed by atoms with van der Waals surface area (Å²) >= 11 is 3.49. The van der Waals surface area contributed by atoms with Crippen LogP contribution in [-0.2, 0) is 18.3 Å². The molecule has 0 amide bonds. The second kappa shape index (κ2) is 5.31. The van der Waals surface area contributed by atoms with Crippen molar-refractivity contribution in [2.24, 2.45) is 7.05 Å². The van der Waals surface area contributed by atoms with Gasteiger partial charge in [0.2, 0.25) is 0 Å². The summed E-state index contributed by atoms with van der Waals surface area (Å²) < 4.78 is 2.76. The van der Waals surface area contributed by atoms with E-state index in [1.54, 1.807) is 4.68 Å². The monoisotopic (exact) mass is 299 g/mol. The molecule has 0 saturated carbocycles. The Bertz CT molecular complexity index is 422. The van der Waals surface area contributed by atoms with Gasteiger partial charge in [-0.1, -0.05) is 0 Å². The largest absolute Gasteiger partial charge is 0.314 e. The third-order valence-corrected chi connectivity index (χ3v) is 4.29. The normalized spacial score (nSPS) is 19.8. The summed E-state index contributed by atoms with van der Waals surface area (Å²) in [5.41, 5.74) is 1.92. The lowest BCUT2D eigenvalue weighted by atomic mass is 10.1. The number of halogens is 1. The van der Waals surface area contributed by atoms with E-state index in [-0.39, 0.29) is 5.78 Å². The molecule has 1 atom stereocenters. The third-order valence-electron chi connectivity index (χ3n) is 3.26. The number of aromatic nitrogens is 2. The van der Waals surface area contributed by atoms with Gasteiger partial charge in [-0.3, -0.25) is 9.48 Å². The van der Waals surface area contributed by atoms with Crippen LogP contribution < -0.4 is 5.32 Å². The summed E-state index contributed by atoms with van der Waals surface area (Å²) in [5.74, 6) is 0.285. The number of nitrogens with zero attached hydrogens (tertiary/aromatic N) is 2. The van der Waals surface area contributed by atoms with Crippen molar-refractivity contribution in [3.05, 3.63) is 15.9 Å². The minimum atomic E-state index is 0.285. The van der Waals surface area contributed by atoms with Gasteiger partial charge in [0.25, 0.3) is 0 Å². The lowest BCUT2D eigenvalue weighted by Crippen LogP contribution is -2.25. The van der Waals surface area contributed by atoms with Crippen LogP contribution in [0.25, 0.3) is 0 Å². The average molecular weight is 300 g/mol. The number of Topliss-reactive ketones (excluding diaryl/α,β-unsaturated/α-hetero) is 1. The fourth-order valence-electron chi connectivity index (χ4n) is 2.34. The Kier molecular flexibility index (Phi) is 3.99. The number of nitrogens with one attached hydrogen (secondary N) is 1. The fourth-order valence-corrected chi connectivity index (χ4v) is 2.81. The first kappa shape index (κ1) is 12.8. The van der Waals surface area contributed by atoms with Gasteiger partial charge in [0.15, 0.2) is 0 Å². The fraction of sp³-hybridized carbons (Fsp3) is 0.667. The Hall–Kier alpha value is -0.680. The molecule has 1 N–H and O–H groups in total. The maximum absolute atomic E-state index is 12.0. The van der Waals surface area contributed by atoms with Gasteiger partial charge in [-0.25, -0.2) is 0 Å². The number of aryl methyl sites for hydroxylation is 2. The highest BCUT2D eigenvalue weighted by atomic mass is 79.9. The van der Waals surface area contributed by atoms with E-state index >= 15 is 0 Å². The summed E-state index contributed by atoms with van der Waals surface area (Å²) in [6.45, 7) is 2.99. The molecule has 0 bridgehead atoms. The topological polar surface area (TPSA) is 46.9 Å². The SMILES string of the molecule is Cc1nn(C)c(CC(=O)CC2CCCN2)c1Br. The number of rotatable bonds is 4. The van der Waals surface area contributed by atoms with Crippen LogP contribution in [0.4, 0.5) is 0 Å². The van der Waals surface area contributed by atoms with E-state index in [0.717, 1.165) is 28.8 Å². The van der Waals surface area contributed by atoms with Gasteiger partial charge in [-0.05, 0) is 42.2 Å². The molecule has 2 rings (SSSR count). The van der Waals surface area contributed by atoms with E-state index in [0.29, 0.717) is 18.9 Å². The van der Waals surface area contributed by atoms with Gasteiger partial charge in [0, 0.05) is 25.9 Å². The number of ketones is 1. The Morgan fingerprint density at radius 1 is 1.65 bits per heavy atom. The molecule has 0 radical (unpaired) electrons. The van der Waals surface area contributed by atoms with Crippen molar-refractivity contribution in [1.29, 1.82) is 0 Å². The minimum Gasteiger partial charge on any atom is -0.314 e. The van der Waals surface area contributed by atoms with Crippen LogP contribution in [-0.4, -0.2) is 28.2 Å². The Balaban J connectivity index is 1.97. The molecule has 17 heavy (non-hydrogen) atoms. The number of hydrogen-bond acceptors (Lipinski definition) is 3. The molecule has 1 aromatic rings. The molecular weight excluding hydrogens is 282 g/mol. The Labute approximate surface area is 110 Å². The van der Waals surface area contributed by atoms with Crippen LogP contribution in [0, 0.1) is 6.92 Å². The zero-order valence-corrected chi connectivity index (χ0v) is 11.9. The predicted molar refractivity (Wildman–Crippen MR) is 70.0 cm³/mol. The quantitative estimate of drug-likeness (QED) is 0.921. The summed E-state index contributed by atoms with van der Waals surface area (Å²) in [4.78, 5) is 12.0. The Morgan fingerprint density at radius 2 is 2.41 bits per heavy atom. The van der Waals surface area contributed by atoms with Crippen LogP contribution in [0.3, 0.4) is 0 Å². The van der Waals surface area contributed by atoms with E-state index in [1.807, 2.05) is 14.0 Å². The van der Waals surface area contributed by atoms with Gasteiger partial charge in [0.1, 0.15) is 5.78 Å². The van der Waals surface area contributed by atoms with Gasteiger partial charge < -0.3 is 5.32 Å². The van der Waals surface area contributed by atoms with Crippen molar-refractivity contribution in [3.63, 3.8) is 0 Å². The zero-order valence-electron chi connectivity index (χ0n) is 10.3. The van der Waals surface area contributed by atoms with Crippen molar-refractivity contribution >= 4 is 21.7 Å². The molecule has 94 valence electrons. The molecule has 0 spiro atoms. The first-order chi connectivity index (χ1) is 8.08. The van der Waals surface area contributed by atoms with E-state index in [2.05, 4.69) is 26.3 Å². The molecule has 0 aromatic carbocycles. The zero-order chi connectivity index (χ0) is 12.4. The maximum atomic E-state index is 12.0. The van der Waals surface area contributed by atoms with Gasteiger partial charge in [-0.15, -0.1) is 0 Å². The first-order valence-corrected chi connectivity index (χ1v) is 6.80. The first-order valence-electron chi connectivity index (χ1n) is 6.01. The molecule has 0 aliphatic carbocycles. The van der Waals surface area contributed by atoms with Gasteiger partial charge in [-0.2, -0.15) is 5.10 Å². The van der Waals surface area contributed by atoms with Gasteiger partial charge >= 0.3 is 0 Å². The smallest absolute Gasteiger partial charge is 0.140 e. The van der Waals surface area contributed by atoms with E-state index in [1.165, 1.54) is 6.42 Å². The molecule has 4 nitrogen and oxygen atoms in total. The van der Waals surface area contributed by atoms with Crippen LogP contribution in [0.2, 0.25) is 0 Å². The van der Waals surface area contributed by atoms with Crippen molar-refractivity contribution in [1.82, 2.24) is 15.1 Å². The molecule has 2 heterocycles. The number of carbonyl (C=O) groups is 1. The van der Waals surface area contributed by atoms with Crippen molar-refractivity contribution in [2.75, 3.05) is 6.54 Å². The maximum Gasteiger partial charge on any atom is 0.140 e. The van der Waals surface area contributed by atoms with Crippen molar-refractivity contribution < 1.29 is 4.79 Å². The molecule has 1 saturated heterocycles. The molecule has 1 aliphatic heterocycles. The molecule has 1 aliphatic rings. The van der Waals surface area contributed by atoms with E-state index in [9.17, 15) is 4.79 Å². The molecule has 1 aromatic heterocycles. The van der Waals surface area contributed by atoms with Crippen LogP contribution >= 0.6 is 15.9 Å². The van der Waals surface area contributed by atoms with Crippen LogP contribution in [0.1, 0.15) is 30.7 Å². The summed E-state index contributed by atoms with van der Waals surface area (Å²) in [5, 5.41) is 7.65. The standard InChI is InChI=1S/C12H18BrN3O/c1-8-12(13)11(16(2)15-8)7-10(17)6-9-4-3-5-14-9/h9,14H,3-7H2,1-2H3. The number of hydrogen-bond donors (Lipinski definition) is 1. The second-order valence-electron chi connectivity index (χ2n) is 4.68. The Morgan fingerprint density at radius 3 is 2.94 bits per heavy atom. The highest BCUT2D eigenvalue weighted by Crippen LogP contribution is 2.21. The lowest BCUT2D eigenvalue weighted by Gasteiger charge is -2.09. The minimum absolute atomic E-state index is 0.285. The average Bonchev–Trinajstić information content (AvgIpc) is 2.83. The summed E-state index contributed by atoms with van der Waals surface area (Å²) in [6, 6.07) is 0.385. The highest BCUT2D eigenvalue weighted by Gasteiger charge is 2.20. The summed E-state index contributed by atoms with van der Waals surface area (Å²) in [7, 11) is 1.88. The second-order valence-corrected chi connectivity index (χ2v) is 5.48. The molecule has 5 heteroatoms. The lowest BCUT2D eigenvalue weighted by molar-refractivity contribution is -0.118. The third kappa shape index (κ3) is 2.96. The van der Waals surface area contributed by atoms with Gasteiger partial charge in [0.05, 0.1) is 15.9 Å². The molecular formula is C12H18BrN3O. The predicted octanol–water partition coefficient (Wildman–Crippen LogP) is 1.74. The van der Waals surface area contributed by atoms with E-state index in [4.69, 9.17) is 0 Å². The highest BCUT2D eigenvalue weighted by molar-refractivity contribution is 9.10. The van der Waals surface area contributed by atoms with Crippen molar-refractivity contribution in [2.45, 2.75) is 38.6 Å². The summed E-state index contributed by atoms with van der Waals surface area (Å²) in [6.07, 6.45) is 3.41. The van der Waals surface area contributed by atoms with Crippen LogP contribution in [0.15, 0.2) is 4.47 Å². The van der Waals surface area contributed by atoms with E-state index < -0.39 is 0 Å². The van der Waals surface area contributed by atoms with Crippen LogP contribution in [0.5, 0.6) is 0 Å².